The molecule has 2 amide bonds. The zero-order valence-corrected chi connectivity index (χ0v) is 26.5. The highest BCUT2D eigenvalue weighted by molar-refractivity contribution is 7.92. The molecular formula is C31H38ClN3O6S. The van der Waals surface area contributed by atoms with Crippen LogP contribution < -0.4 is 19.1 Å². The average molecular weight is 616 g/mol. The van der Waals surface area contributed by atoms with Crippen molar-refractivity contribution >= 4 is 39.1 Å². The Morgan fingerprint density at radius 3 is 2.14 bits per heavy atom. The molecule has 3 aromatic rings. The van der Waals surface area contributed by atoms with Crippen LogP contribution in [0.15, 0.2) is 71.6 Å². The number of sulfonamides is 1. The maximum absolute atomic E-state index is 14.1. The van der Waals surface area contributed by atoms with Gasteiger partial charge in [-0.05, 0) is 82.1 Å². The van der Waals surface area contributed by atoms with Crippen LogP contribution in [0.3, 0.4) is 0 Å². The van der Waals surface area contributed by atoms with E-state index in [0.717, 1.165) is 15.4 Å². The van der Waals surface area contributed by atoms with Crippen LogP contribution in [0.25, 0.3) is 0 Å². The van der Waals surface area contributed by atoms with Gasteiger partial charge in [0.05, 0.1) is 24.8 Å². The van der Waals surface area contributed by atoms with Crippen LogP contribution in [0.1, 0.15) is 38.8 Å². The summed E-state index contributed by atoms with van der Waals surface area (Å²) in [5.41, 5.74) is 1.47. The van der Waals surface area contributed by atoms with Gasteiger partial charge in [0.15, 0.2) is 11.5 Å². The Balaban J connectivity index is 2.09. The molecule has 0 aromatic heterocycles. The van der Waals surface area contributed by atoms with Gasteiger partial charge >= 0.3 is 0 Å². The molecule has 0 saturated carbocycles. The number of hydrogen-bond donors (Lipinski definition) is 1. The molecule has 0 bridgehead atoms. The fourth-order valence-electron chi connectivity index (χ4n) is 4.27. The summed E-state index contributed by atoms with van der Waals surface area (Å²) >= 11 is 6.09. The molecule has 0 aliphatic heterocycles. The first kappa shape index (κ1) is 32.8. The minimum absolute atomic E-state index is 0.105. The predicted octanol–water partition coefficient (Wildman–Crippen LogP) is 5.19. The quantitative estimate of drug-likeness (QED) is 0.318. The van der Waals surface area contributed by atoms with Crippen molar-refractivity contribution in [2.45, 2.75) is 57.6 Å². The number of nitrogens with zero attached hydrogens (tertiary/aromatic N) is 2. The number of halogens is 1. The summed E-state index contributed by atoms with van der Waals surface area (Å²) in [6, 6.07) is 17.0. The lowest BCUT2D eigenvalue weighted by atomic mass is 10.1. The number of benzene rings is 3. The van der Waals surface area contributed by atoms with E-state index >= 15 is 0 Å². The van der Waals surface area contributed by atoms with Gasteiger partial charge in [-0.15, -0.1) is 0 Å². The van der Waals surface area contributed by atoms with Crippen molar-refractivity contribution in [3.63, 3.8) is 0 Å². The molecule has 0 radical (unpaired) electrons. The van der Waals surface area contributed by atoms with E-state index in [-0.39, 0.29) is 28.8 Å². The van der Waals surface area contributed by atoms with Crippen molar-refractivity contribution in [2.24, 2.45) is 0 Å². The lowest BCUT2D eigenvalue weighted by Crippen LogP contribution is -2.54. The van der Waals surface area contributed by atoms with E-state index in [1.807, 2.05) is 52.0 Å². The smallest absolute Gasteiger partial charge is 0.264 e. The Morgan fingerprint density at radius 2 is 1.57 bits per heavy atom. The number of anilines is 1. The van der Waals surface area contributed by atoms with Crippen LogP contribution in [0.4, 0.5) is 5.69 Å². The molecule has 0 fully saturated rings. The van der Waals surface area contributed by atoms with E-state index in [9.17, 15) is 18.0 Å². The van der Waals surface area contributed by atoms with Crippen LogP contribution in [0.2, 0.25) is 5.02 Å². The number of carbonyl (C=O) groups excluding carboxylic acids is 2. The Labute approximate surface area is 253 Å². The number of methoxy groups -OCH3 is 2. The van der Waals surface area contributed by atoms with Crippen molar-refractivity contribution in [3.8, 4) is 11.5 Å². The van der Waals surface area contributed by atoms with Crippen LogP contribution in [-0.4, -0.2) is 57.5 Å². The summed E-state index contributed by atoms with van der Waals surface area (Å²) in [6.45, 7) is 8.63. The zero-order chi connectivity index (χ0) is 31.2. The van der Waals surface area contributed by atoms with E-state index in [0.29, 0.717) is 10.8 Å². The van der Waals surface area contributed by atoms with Gasteiger partial charge in [-0.25, -0.2) is 8.42 Å². The highest BCUT2D eigenvalue weighted by Crippen LogP contribution is 2.32. The lowest BCUT2D eigenvalue weighted by Gasteiger charge is -2.33. The molecule has 0 spiro atoms. The molecule has 3 rings (SSSR count). The van der Waals surface area contributed by atoms with Gasteiger partial charge in [0.25, 0.3) is 10.0 Å². The number of ether oxygens (including phenoxy) is 2. The summed E-state index contributed by atoms with van der Waals surface area (Å²) < 4.78 is 39.8. The van der Waals surface area contributed by atoms with Crippen molar-refractivity contribution in [1.82, 2.24) is 10.2 Å². The van der Waals surface area contributed by atoms with Crippen LogP contribution in [0.5, 0.6) is 11.5 Å². The van der Waals surface area contributed by atoms with Gasteiger partial charge in [-0.1, -0.05) is 35.9 Å². The Bertz CT molecular complexity index is 1520. The Kier molecular flexibility index (Phi) is 10.5. The molecular weight excluding hydrogens is 578 g/mol. The first-order chi connectivity index (χ1) is 19.7. The molecule has 9 nitrogen and oxygen atoms in total. The maximum atomic E-state index is 14.1. The SMILES string of the molecule is COc1ccc(S(=O)(=O)N(CC(=O)N(Cc2ccccc2C)C(C)C(=O)NC(C)(C)C)c2ccc(Cl)cc2)cc1OC. The van der Waals surface area contributed by atoms with Crippen molar-refractivity contribution < 1.29 is 27.5 Å². The highest BCUT2D eigenvalue weighted by atomic mass is 35.5. The number of amides is 2. The number of aryl methyl sites for hydroxylation is 1. The van der Waals surface area contributed by atoms with E-state index < -0.39 is 34.1 Å². The molecule has 3 aromatic carbocycles. The average Bonchev–Trinajstić information content (AvgIpc) is 2.94. The van der Waals surface area contributed by atoms with Gasteiger partial charge in [0.1, 0.15) is 12.6 Å². The summed E-state index contributed by atoms with van der Waals surface area (Å²) in [5.74, 6) is -0.345. The summed E-state index contributed by atoms with van der Waals surface area (Å²) in [4.78, 5) is 28.6. The normalized spacial score (nSPS) is 12.3. The monoisotopic (exact) mass is 615 g/mol. The third-order valence-electron chi connectivity index (χ3n) is 6.60. The molecule has 0 saturated heterocycles. The molecule has 226 valence electrons. The Hall–Kier alpha value is -3.76. The second-order valence-electron chi connectivity index (χ2n) is 10.9. The topological polar surface area (TPSA) is 105 Å². The van der Waals surface area contributed by atoms with Crippen LogP contribution >= 0.6 is 11.6 Å². The zero-order valence-electron chi connectivity index (χ0n) is 25.0. The van der Waals surface area contributed by atoms with Gasteiger partial charge in [0.2, 0.25) is 11.8 Å². The number of carbonyl (C=O) groups is 2. The third kappa shape index (κ3) is 7.95. The summed E-state index contributed by atoms with van der Waals surface area (Å²) in [6.07, 6.45) is 0. The van der Waals surface area contributed by atoms with Crippen LogP contribution in [-0.2, 0) is 26.2 Å². The van der Waals surface area contributed by atoms with Crippen LogP contribution in [0, 0.1) is 6.92 Å². The minimum Gasteiger partial charge on any atom is -0.493 e. The van der Waals surface area contributed by atoms with Crippen molar-refractivity contribution in [1.29, 1.82) is 0 Å². The molecule has 42 heavy (non-hydrogen) atoms. The lowest BCUT2D eigenvalue weighted by molar-refractivity contribution is -0.140. The van der Waals surface area contributed by atoms with E-state index in [1.54, 1.807) is 19.1 Å². The first-order valence-corrected chi connectivity index (χ1v) is 15.2. The number of nitrogens with one attached hydrogen (secondary N) is 1. The fourth-order valence-corrected chi connectivity index (χ4v) is 5.82. The van der Waals surface area contributed by atoms with E-state index in [4.69, 9.17) is 21.1 Å². The molecule has 11 heteroatoms. The van der Waals surface area contributed by atoms with E-state index in [1.165, 1.54) is 49.5 Å². The van der Waals surface area contributed by atoms with Gasteiger partial charge in [-0.2, -0.15) is 0 Å². The second kappa shape index (κ2) is 13.5. The molecule has 0 aliphatic carbocycles. The van der Waals surface area contributed by atoms with Gasteiger partial charge in [-0.3, -0.25) is 13.9 Å². The molecule has 1 atom stereocenters. The summed E-state index contributed by atoms with van der Waals surface area (Å²) in [7, 11) is -1.45. The largest absolute Gasteiger partial charge is 0.493 e. The number of rotatable bonds is 11. The summed E-state index contributed by atoms with van der Waals surface area (Å²) in [5, 5.41) is 3.33. The van der Waals surface area contributed by atoms with Gasteiger partial charge < -0.3 is 19.7 Å². The maximum Gasteiger partial charge on any atom is 0.264 e. The minimum atomic E-state index is -4.30. The Morgan fingerprint density at radius 1 is 0.952 bits per heavy atom. The third-order valence-corrected chi connectivity index (χ3v) is 8.63. The predicted molar refractivity (Wildman–Crippen MR) is 165 cm³/mol. The fraction of sp³-hybridized carbons (Fsp3) is 0.355. The second-order valence-corrected chi connectivity index (χ2v) is 13.2. The highest BCUT2D eigenvalue weighted by Gasteiger charge is 2.34. The standard InChI is InChI=1S/C31H38ClN3O6S/c1-21-10-8-9-11-23(21)19-34(22(2)30(37)33-31(3,4)5)29(36)20-35(25-14-12-24(32)13-15-25)42(38,39)26-16-17-27(40-6)28(18-26)41-7/h8-18,22H,19-20H2,1-7H3,(H,33,37). The molecule has 0 heterocycles. The molecule has 1 unspecified atom stereocenters. The van der Waals surface area contributed by atoms with Crippen molar-refractivity contribution in [3.05, 3.63) is 82.9 Å². The van der Waals surface area contributed by atoms with Crippen molar-refractivity contribution in [2.75, 3.05) is 25.1 Å². The molecule has 1 N–H and O–H groups in total. The molecule has 0 aliphatic rings. The van der Waals surface area contributed by atoms with Gasteiger partial charge in [0, 0.05) is 23.2 Å². The first-order valence-electron chi connectivity index (χ1n) is 13.3. The van der Waals surface area contributed by atoms with E-state index in [2.05, 4.69) is 5.32 Å². The number of hydrogen-bond acceptors (Lipinski definition) is 6.